The highest BCUT2D eigenvalue weighted by Crippen LogP contribution is 2.30. The molecular weight excluding hydrogens is 344 g/mol. The second-order valence-corrected chi connectivity index (χ2v) is 6.51. The molecule has 0 aliphatic rings. The van der Waals surface area contributed by atoms with Crippen LogP contribution in [0.15, 0.2) is 59.0 Å². The fourth-order valence-electron chi connectivity index (χ4n) is 2.98. The minimum absolute atomic E-state index is 0.0761. The zero-order valence-electron chi connectivity index (χ0n) is 15.1. The minimum atomic E-state index is -0.992. The van der Waals surface area contributed by atoms with Gasteiger partial charge in [-0.3, -0.25) is 4.79 Å². The van der Waals surface area contributed by atoms with Crippen molar-refractivity contribution in [2.24, 2.45) is 11.7 Å². The van der Waals surface area contributed by atoms with E-state index in [0.29, 0.717) is 30.5 Å². The number of nitrogens with two attached hydrogens (primary N) is 1. The largest absolute Gasteiger partial charge is 0.461 e. The summed E-state index contributed by atoms with van der Waals surface area (Å²) in [6.07, 6.45) is 0.352. The zero-order chi connectivity index (χ0) is 19.1. The number of aliphatic hydroxyl groups is 1. The van der Waals surface area contributed by atoms with Crippen LogP contribution in [0.2, 0.25) is 0 Å². The highest BCUT2D eigenvalue weighted by atomic mass is 16.5. The maximum atomic E-state index is 12.3. The number of fused-ring (bicyclic) bond motifs is 1. The van der Waals surface area contributed by atoms with Crippen molar-refractivity contribution in [3.8, 4) is 0 Å². The Kier molecular flexibility index (Phi) is 6.57. The fourth-order valence-corrected chi connectivity index (χ4v) is 2.98. The van der Waals surface area contributed by atoms with Gasteiger partial charge in [-0.1, -0.05) is 42.5 Å². The summed E-state index contributed by atoms with van der Waals surface area (Å²) < 4.78 is 11.0. The molecule has 6 nitrogen and oxygen atoms in total. The number of aliphatic hydroxyl groups excluding tert-OH is 1. The first-order valence-corrected chi connectivity index (χ1v) is 9.10. The van der Waals surface area contributed by atoms with Crippen molar-refractivity contribution >= 4 is 17.1 Å². The topological polar surface area (TPSA) is 98.6 Å². The van der Waals surface area contributed by atoms with Gasteiger partial charge in [0.25, 0.3) is 0 Å². The number of oxazole rings is 1. The molecule has 2 aromatic carbocycles. The quantitative estimate of drug-likeness (QED) is 0.562. The number of hydrogen-bond acceptors (Lipinski definition) is 6. The second kappa shape index (κ2) is 9.30. The molecule has 3 aromatic rings. The van der Waals surface area contributed by atoms with E-state index in [2.05, 4.69) is 4.98 Å². The number of benzene rings is 2. The van der Waals surface area contributed by atoms with Crippen molar-refractivity contribution in [1.29, 1.82) is 0 Å². The summed E-state index contributed by atoms with van der Waals surface area (Å²) in [5.74, 6) is -0.519. The Morgan fingerprint density at radius 1 is 1.15 bits per heavy atom. The predicted octanol–water partition coefficient (Wildman–Crippen LogP) is 3.35. The molecule has 3 N–H and O–H groups in total. The van der Waals surface area contributed by atoms with Crippen molar-refractivity contribution in [2.75, 3.05) is 6.54 Å². The number of esters is 1. The average Bonchev–Trinajstić information content (AvgIpc) is 3.14. The lowest BCUT2D eigenvalue weighted by atomic mass is 9.93. The van der Waals surface area contributed by atoms with E-state index in [1.807, 2.05) is 48.5 Å². The molecule has 0 aliphatic carbocycles. The summed E-state index contributed by atoms with van der Waals surface area (Å²) in [5.41, 5.74) is 7.81. The van der Waals surface area contributed by atoms with E-state index in [1.54, 1.807) is 6.07 Å². The van der Waals surface area contributed by atoms with E-state index in [9.17, 15) is 9.90 Å². The van der Waals surface area contributed by atoms with Crippen LogP contribution >= 0.6 is 0 Å². The van der Waals surface area contributed by atoms with Crippen LogP contribution in [0.5, 0.6) is 0 Å². The molecule has 0 amide bonds. The fraction of sp³-hybridized carbons (Fsp3) is 0.333. The van der Waals surface area contributed by atoms with Gasteiger partial charge in [-0.25, -0.2) is 4.98 Å². The van der Waals surface area contributed by atoms with Crippen molar-refractivity contribution in [3.05, 3.63) is 66.1 Å². The van der Waals surface area contributed by atoms with Crippen LogP contribution in [0.25, 0.3) is 11.1 Å². The van der Waals surface area contributed by atoms with E-state index in [0.717, 1.165) is 5.56 Å². The third-order valence-corrected chi connectivity index (χ3v) is 4.46. The molecule has 0 saturated heterocycles. The van der Waals surface area contributed by atoms with Gasteiger partial charge >= 0.3 is 5.97 Å². The molecule has 0 radical (unpaired) electrons. The Bertz CT molecular complexity index is 830. The molecule has 27 heavy (non-hydrogen) atoms. The smallest absolute Gasteiger partial charge is 0.306 e. The summed E-state index contributed by atoms with van der Waals surface area (Å²) >= 11 is 0. The molecule has 0 spiro atoms. The molecular formula is C21H24N2O4. The number of hydrogen-bond donors (Lipinski definition) is 2. The first-order chi connectivity index (χ1) is 13.2. The maximum Gasteiger partial charge on any atom is 0.306 e. The lowest BCUT2D eigenvalue weighted by molar-refractivity contribution is -0.147. The summed E-state index contributed by atoms with van der Waals surface area (Å²) in [6.45, 7) is 0.693. The lowest BCUT2D eigenvalue weighted by Crippen LogP contribution is -2.20. The van der Waals surface area contributed by atoms with Gasteiger partial charge in [0.15, 0.2) is 5.58 Å². The van der Waals surface area contributed by atoms with Crippen LogP contribution in [0.4, 0.5) is 0 Å². The molecule has 0 saturated carbocycles. The Morgan fingerprint density at radius 2 is 1.89 bits per heavy atom. The minimum Gasteiger partial charge on any atom is -0.461 e. The van der Waals surface area contributed by atoms with Crippen LogP contribution in [0.3, 0.4) is 0 Å². The third-order valence-electron chi connectivity index (χ3n) is 4.46. The summed E-state index contributed by atoms with van der Waals surface area (Å²) in [4.78, 5) is 16.6. The van der Waals surface area contributed by atoms with Crippen LogP contribution < -0.4 is 5.73 Å². The molecule has 0 bridgehead atoms. The van der Waals surface area contributed by atoms with Crippen LogP contribution in [0.1, 0.15) is 36.8 Å². The molecule has 2 atom stereocenters. The van der Waals surface area contributed by atoms with Gasteiger partial charge in [0, 0.05) is 5.92 Å². The highest BCUT2D eigenvalue weighted by Gasteiger charge is 2.28. The third kappa shape index (κ3) is 5.15. The van der Waals surface area contributed by atoms with Crippen LogP contribution in [0, 0.1) is 5.92 Å². The Morgan fingerprint density at radius 3 is 2.63 bits per heavy atom. The summed E-state index contributed by atoms with van der Waals surface area (Å²) in [7, 11) is 0. The monoisotopic (exact) mass is 368 g/mol. The summed E-state index contributed by atoms with van der Waals surface area (Å²) in [5, 5.41) is 10.7. The second-order valence-electron chi connectivity index (χ2n) is 6.51. The van der Waals surface area contributed by atoms with Crippen LogP contribution in [-0.4, -0.2) is 22.6 Å². The Balaban J connectivity index is 1.65. The van der Waals surface area contributed by atoms with Gasteiger partial charge in [-0.05, 0) is 37.1 Å². The van der Waals surface area contributed by atoms with Gasteiger partial charge in [0.05, 0.1) is 6.42 Å². The zero-order valence-corrected chi connectivity index (χ0v) is 15.1. The predicted molar refractivity (Wildman–Crippen MR) is 102 cm³/mol. The van der Waals surface area contributed by atoms with Crippen molar-refractivity contribution in [1.82, 2.24) is 4.98 Å². The van der Waals surface area contributed by atoms with Gasteiger partial charge in [-0.15, -0.1) is 0 Å². The molecule has 142 valence electrons. The number of para-hydroxylation sites is 2. The number of carbonyl (C=O) groups is 1. The molecule has 0 fully saturated rings. The van der Waals surface area contributed by atoms with E-state index in [-0.39, 0.29) is 30.8 Å². The first-order valence-electron chi connectivity index (χ1n) is 9.10. The Hall–Kier alpha value is -2.70. The molecule has 1 unspecified atom stereocenters. The van der Waals surface area contributed by atoms with Gasteiger partial charge in [-0.2, -0.15) is 0 Å². The van der Waals surface area contributed by atoms with E-state index in [1.165, 1.54) is 0 Å². The van der Waals surface area contributed by atoms with Crippen molar-refractivity contribution in [3.63, 3.8) is 0 Å². The number of nitrogens with zero attached hydrogens (tertiary/aromatic N) is 1. The maximum absolute atomic E-state index is 12.3. The average molecular weight is 368 g/mol. The number of aromatic nitrogens is 1. The standard InChI is InChI=1S/C21H24N2O4/c22-12-6-9-16(13-19(24)26-14-15-7-2-1-3-8-15)20(25)21-23-17-10-4-5-11-18(17)27-21/h1-5,7-8,10-11,16,20,25H,6,9,12-14,22H2/t16-,20?/m1/s1. The number of ether oxygens (including phenoxy) is 1. The number of carbonyl (C=O) groups excluding carboxylic acids is 1. The molecule has 0 aliphatic heterocycles. The molecule has 1 aromatic heterocycles. The van der Waals surface area contributed by atoms with Gasteiger partial charge in [0.1, 0.15) is 18.2 Å². The van der Waals surface area contributed by atoms with Crippen molar-refractivity contribution < 1.29 is 19.1 Å². The van der Waals surface area contributed by atoms with Crippen molar-refractivity contribution in [2.45, 2.75) is 32.0 Å². The van der Waals surface area contributed by atoms with E-state index in [4.69, 9.17) is 14.9 Å². The highest BCUT2D eigenvalue weighted by molar-refractivity contribution is 5.72. The molecule has 3 rings (SSSR count). The first kappa shape index (κ1) is 19.1. The molecule has 1 heterocycles. The SMILES string of the molecule is NCCC[C@H](CC(=O)OCc1ccccc1)C(O)c1nc2ccccc2o1. The van der Waals surface area contributed by atoms with Gasteiger partial charge in [0.2, 0.25) is 5.89 Å². The summed E-state index contributed by atoms with van der Waals surface area (Å²) in [6, 6.07) is 16.8. The molecule has 6 heteroatoms. The normalized spacial score (nSPS) is 13.4. The van der Waals surface area contributed by atoms with E-state index < -0.39 is 6.10 Å². The van der Waals surface area contributed by atoms with E-state index >= 15 is 0 Å². The number of rotatable bonds is 9. The lowest BCUT2D eigenvalue weighted by Gasteiger charge is -2.19. The Labute approximate surface area is 158 Å². The van der Waals surface area contributed by atoms with Gasteiger partial charge < -0.3 is 20.0 Å². The van der Waals surface area contributed by atoms with Crippen LogP contribution in [-0.2, 0) is 16.1 Å².